The van der Waals surface area contributed by atoms with Crippen molar-refractivity contribution in [3.8, 4) is 5.75 Å². The van der Waals surface area contributed by atoms with Crippen molar-refractivity contribution >= 4 is 5.91 Å². The highest BCUT2D eigenvalue weighted by atomic mass is 19.4. The molecule has 126 valence electrons. The summed E-state index contributed by atoms with van der Waals surface area (Å²) in [6, 6.07) is 5.98. The first-order chi connectivity index (χ1) is 10.9. The standard InChI is InChI=1S/C15H17F3N2O3/c16-15(17,18)23-13-4-2-1-3-10(13)11-9-12(11)14(21)19-20-5-7-22-8-6-20/h1-4,11-12H,5-9H2,(H,19,21)/t11-,12-/m1/s1. The second kappa shape index (κ2) is 6.37. The van der Waals surface area contributed by atoms with Crippen molar-refractivity contribution in [2.75, 3.05) is 26.3 Å². The third-order valence-electron chi connectivity index (χ3n) is 3.95. The summed E-state index contributed by atoms with van der Waals surface area (Å²) in [5, 5.41) is 1.78. The lowest BCUT2D eigenvalue weighted by Gasteiger charge is -2.27. The zero-order chi connectivity index (χ0) is 16.4. The number of ether oxygens (including phenoxy) is 2. The fraction of sp³-hybridized carbons (Fsp3) is 0.533. The van der Waals surface area contributed by atoms with Gasteiger partial charge in [0.15, 0.2) is 0 Å². The van der Waals surface area contributed by atoms with Gasteiger partial charge < -0.3 is 9.47 Å². The van der Waals surface area contributed by atoms with E-state index in [1.807, 2.05) is 0 Å². The quantitative estimate of drug-likeness (QED) is 0.918. The third-order valence-corrected chi connectivity index (χ3v) is 3.95. The largest absolute Gasteiger partial charge is 0.573 e. The van der Waals surface area contributed by atoms with Gasteiger partial charge in [0.2, 0.25) is 5.91 Å². The Hall–Kier alpha value is -1.80. The van der Waals surface area contributed by atoms with Gasteiger partial charge in [-0.15, -0.1) is 13.2 Å². The molecule has 0 spiro atoms. The molecule has 1 saturated heterocycles. The number of carbonyl (C=O) groups is 1. The van der Waals surface area contributed by atoms with Crippen molar-refractivity contribution < 1.29 is 27.4 Å². The first-order valence-electron chi connectivity index (χ1n) is 7.42. The molecule has 1 aliphatic heterocycles. The Morgan fingerprint density at radius 1 is 1.26 bits per heavy atom. The van der Waals surface area contributed by atoms with E-state index in [1.54, 1.807) is 17.1 Å². The average Bonchev–Trinajstić information content (AvgIpc) is 3.28. The van der Waals surface area contributed by atoms with Gasteiger partial charge in [-0.05, 0) is 24.0 Å². The molecule has 1 saturated carbocycles. The van der Waals surface area contributed by atoms with Crippen LogP contribution < -0.4 is 10.2 Å². The van der Waals surface area contributed by atoms with E-state index in [1.165, 1.54) is 12.1 Å². The molecule has 0 unspecified atom stereocenters. The third kappa shape index (κ3) is 4.14. The smallest absolute Gasteiger partial charge is 0.405 e. The highest BCUT2D eigenvalue weighted by molar-refractivity contribution is 5.82. The summed E-state index contributed by atoms with van der Waals surface area (Å²) in [6.45, 7) is 2.32. The van der Waals surface area contributed by atoms with Crippen molar-refractivity contribution in [2.24, 2.45) is 5.92 Å². The molecule has 2 atom stereocenters. The Bertz CT molecular complexity index is 573. The highest BCUT2D eigenvalue weighted by Gasteiger charge is 2.46. The molecule has 8 heteroatoms. The number of nitrogens with one attached hydrogen (secondary N) is 1. The summed E-state index contributed by atoms with van der Waals surface area (Å²) in [5.74, 6) is -0.962. The van der Waals surface area contributed by atoms with Crippen LogP contribution in [0.1, 0.15) is 17.9 Å². The average molecular weight is 330 g/mol. The minimum atomic E-state index is -4.74. The van der Waals surface area contributed by atoms with Crippen LogP contribution in [0.15, 0.2) is 24.3 Å². The molecule has 1 N–H and O–H groups in total. The number of rotatable bonds is 4. The van der Waals surface area contributed by atoms with E-state index in [9.17, 15) is 18.0 Å². The summed E-state index contributed by atoms with van der Waals surface area (Å²) >= 11 is 0. The Kier molecular flexibility index (Phi) is 4.45. The number of alkyl halides is 3. The van der Waals surface area contributed by atoms with E-state index in [-0.39, 0.29) is 23.5 Å². The number of hydrogen-bond acceptors (Lipinski definition) is 4. The van der Waals surface area contributed by atoms with Gasteiger partial charge in [0.25, 0.3) is 0 Å². The van der Waals surface area contributed by atoms with Crippen LogP contribution in [0.25, 0.3) is 0 Å². The van der Waals surface area contributed by atoms with Crippen molar-refractivity contribution in [3.05, 3.63) is 29.8 Å². The van der Waals surface area contributed by atoms with E-state index in [4.69, 9.17) is 4.74 Å². The van der Waals surface area contributed by atoms with Gasteiger partial charge in [0.1, 0.15) is 5.75 Å². The lowest BCUT2D eigenvalue weighted by atomic mass is 10.1. The highest BCUT2D eigenvalue weighted by Crippen LogP contribution is 2.51. The van der Waals surface area contributed by atoms with Crippen LogP contribution in [0.3, 0.4) is 0 Å². The molecule has 2 fully saturated rings. The first-order valence-corrected chi connectivity index (χ1v) is 7.42. The van der Waals surface area contributed by atoms with Crippen molar-refractivity contribution in [1.29, 1.82) is 0 Å². The lowest BCUT2D eigenvalue weighted by molar-refractivity contribution is -0.274. The number of nitrogens with zero attached hydrogens (tertiary/aromatic N) is 1. The number of hydrazine groups is 1. The molecule has 3 rings (SSSR count). The number of halogens is 3. The monoisotopic (exact) mass is 330 g/mol. The fourth-order valence-electron chi connectivity index (χ4n) is 2.75. The predicted molar refractivity (Wildman–Crippen MR) is 74.5 cm³/mol. The Morgan fingerprint density at radius 3 is 2.65 bits per heavy atom. The molecule has 1 heterocycles. The van der Waals surface area contributed by atoms with Gasteiger partial charge in [-0.3, -0.25) is 10.2 Å². The minimum absolute atomic E-state index is 0.168. The predicted octanol–water partition coefficient (Wildman–Crippen LogP) is 2.05. The topological polar surface area (TPSA) is 50.8 Å². The maximum absolute atomic E-state index is 12.4. The van der Waals surface area contributed by atoms with Crippen LogP contribution in [0.4, 0.5) is 13.2 Å². The van der Waals surface area contributed by atoms with E-state index < -0.39 is 6.36 Å². The summed E-state index contributed by atoms with van der Waals surface area (Å²) < 4.78 is 46.6. The van der Waals surface area contributed by atoms with E-state index >= 15 is 0 Å². The molecule has 0 radical (unpaired) electrons. The van der Waals surface area contributed by atoms with Gasteiger partial charge in [0.05, 0.1) is 13.2 Å². The van der Waals surface area contributed by atoms with Crippen LogP contribution in [0.2, 0.25) is 0 Å². The lowest BCUT2D eigenvalue weighted by Crippen LogP contribution is -2.49. The van der Waals surface area contributed by atoms with Crippen LogP contribution in [-0.4, -0.2) is 43.6 Å². The first kappa shape index (κ1) is 16.1. The zero-order valence-electron chi connectivity index (χ0n) is 12.3. The number of morpholine rings is 1. The van der Waals surface area contributed by atoms with Gasteiger partial charge >= 0.3 is 6.36 Å². The summed E-state index contributed by atoms with van der Waals surface area (Å²) in [4.78, 5) is 12.2. The molecule has 0 aromatic heterocycles. The summed E-state index contributed by atoms with van der Waals surface area (Å²) in [5.41, 5.74) is 3.22. The maximum atomic E-state index is 12.4. The molecule has 1 aliphatic carbocycles. The minimum Gasteiger partial charge on any atom is -0.405 e. The van der Waals surface area contributed by atoms with Crippen molar-refractivity contribution in [2.45, 2.75) is 18.7 Å². The number of carbonyl (C=O) groups excluding carboxylic acids is 1. The van der Waals surface area contributed by atoms with Gasteiger partial charge in [0, 0.05) is 19.0 Å². The Balaban J connectivity index is 1.62. The van der Waals surface area contributed by atoms with E-state index in [2.05, 4.69) is 10.2 Å². The molecular weight excluding hydrogens is 313 g/mol. The van der Waals surface area contributed by atoms with Crippen molar-refractivity contribution in [3.63, 3.8) is 0 Å². The molecular formula is C15H17F3N2O3. The van der Waals surface area contributed by atoms with Gasteiger partial charge in [-0.25, -0.2) is 5.01 Å². The Morgan fingerprint density at radius 2 is 1.96 bits per heavy atom. The van der Waals surface area contributed by atoms with Gasteiger partial charge in [-0.1, -0.05) is 18.2 Å². The molecule has 5 nitrogen and oxygen atoms in total. The molecule has 1 aromatic carbocycles. The number of hydrogen-bond donors (Lipinski definition) is 1. The number of benzene rings is 1. The molecule has 2 aliphatic rings. The SMILES string of the molecule is O=C(NN1CCOCC1)[C@@H]1C[C@@H]1c1ccccc1OC(F)(F)F. The van der Waals surface area contributed by atoms with Crippen LogP contribution in [-0.2, 0) is 9.53 Å². The van der Waals surface area contributed by atoms with Gasteiger partial charge in [-0.2, -0.15) is 0 Å². The molecule has 23 heavy (non-hydrogen) atoms. The normalized spacial score (nSPS) is 25.0. The van der Waals surface area contributed by atoms with Crippen LogP contribution in [0.5, 0.6) is 5.75 Å². The number of para-hydroxylation sites is 1. The fourth-order valence-corrected chi connectivity index (χ4v) is 2.75. The van der Waals surface area contributed by atoms with Crippen LogP contribution >= 0.6 is 0 Å². The molecule has 0 bridgehead atoms. The summed E-state index contributed by atoms with van der Waals surface area (Å²) in [6.07, 6.45) is -4.22. The van der Waals surface area contributed by atoms with Crippen LogP contribution in [0, 0.1) is 5.92 Å². The van der Waals surface area contributed by atoms with Crippen molar-refractivity contribution in [1.82, 2.24) is 10.4 Å². The zero-order valence-corrected chi connectivity index (χ0v) is 12.3. The molecule has 1 amide bonds. The maximum Gasteiger partial charge on any atom is 0.573 e. The molecule has 1 aromatic rings. The second-order valence-corrected chi connectivity index (χ2v) is 5.61. The number of amides is 1. The summed E-state index contributed by atoms with van der Waals surface area (Å²) in [7, 11) is 0. The Labute approximate surface area is 131 Å². The van der Waals surface area contributed by atoms with E-state index in [0.717, 1.165) is 0 Å². The second-order valence-electron chi connectivity index (χ2n) is 5.61. The van der Waals surface area contributed by atoms with E-state index in [0.29, 0.717) is 38.3 Å².